The van der Waals surface area contributed by atoms with E-state index in [0.29, 0.717) is 5.92 Å². The molecule has 0 spiro atoms. The molecule has 68 valence electrons. The van der Waals surface area contributed by atoms with Crippen molar-refractivity contribution in [3.05, 3.63) is 11.9 Å². The lowest BCUT2D eigenvalue weighted by molar-refractivity contribution is 0.132. The minimum atomic E-state index is -2.00. The van der Waals surface area contributed by atoms with Gasteiger partial charge in [0.25, 0.3) is 0 Å². The van der Waals surface area contributed by atoms with E-state index in [-0.39, 0.29) is 12.3 Å². The Bertz CT molecular complexity index is 208. The zero-order valence-electron chi connectivity index (χ0n) is 6.64. The highest BCUT2D eigenvalue weighted by Gasteiger charge is 2.39. The van der Waals surface area contributed by atoms with Gasteiger partial charge >= 0.3 is 0 Å². The van der Waals surface area contributed by atoms with Crippen molar-refractivity contribution in [1.82, 2.24) is 0 Å². The SMILES string of the molecule is FC1=CC(C2CC2)CC(F)C1F. The summed E-state index contributed by atoms with van der Waals surface area (Å²) < 4.78 is 38.1. The van der Waals surface area contributed by atoms with Crippen molar-refractivity contribution >= 4 is 0 Å². The Morgan fingerprint density at radius 1 is 1.25 bits per heavy atom. The van der Waals surface area contributed by atoms with Gasteiger partial charge in [0.05, 0.1) is 0 Å². The number of alkyl halides is 2. The smallest absolute Gasteiger partial charge is 0.182 e. The van der Waals surface area contributed by atoms with Crippen LogP contribution in [-0.2, 0) is 0 Å². The van der Waals surface area contributed by atoms with Crippen LogP contribution in [0.5, 0.6) is 0 Å². The Morgan fingerprint density at radius 2 is 1.92 bits per heavy atom. The van der Waals surface area contributed by atoms with Crippen LogP contribution >= 0.6 is 0 Å². The summed E-state index contributed by atoms with van der Waals surface area (Å²) in [5.74, 6) is -0.529. The van der Waals surface area contributed by atoms with Gasteiger partial charge in [-0.25, -0.2) is 13.2 Å². The van der Waals surface area contributed by atoms with E-state index in [1.54, 1.807) is 0 Å². The summed E-state index contributed by atoms with van der Waals surface area (Å²) in [6.07, 6.45) is -0.103. The Labute approximate surface area is 69.5 Å². The first-order chi connectivity index (χ1) is 5.68. The third-order valence-electron chi connectivity index (χ3n) is 2.68. The minimum Gasteiger partial charge on any atom is -0.244 e. The molecule has 3 unspecified atom stereocenters. The summed E-state index contributed by atoms with van der Waals surface area (Å²) in [7, 11) is 0. The summed E-state index contributed by atoms with van der Waals surface area (Å²) in [6.45, 7) is 0. The second kappa shape index (κ2) is 2.79. The van der Waals surface area contributed by atoms with Crippen molar-refractivity contribution in [3.8, 4) is 0 Å². The van der Waals surface area contributed by atoms with Gasteiger partial charge in [0, 0.05) is 0 Å². The molecule has 1 fully saturated rings. The highest BCUT2D eigenvalue weighted by Crippen LogP contribution is 2.44. The first-order valence-corrected chi connectivity index (χ1v) is 4.34. The molecule has 0 amide bonds. The molecule has 0 radical (unpaired) electrons. The highest BCUT2D eigenvalue weighted by atomic mass is 19.2. The fraction of sp³-hybridized carbons (Fsp3) is 0.778. The quantitative estimate of drug-likeness (QED) is 0.576. The van der Waals surface area contributed by atoms with Gasteiger partial charge in [-0.2, -0.15) is 0 Å². The van der Waals surface area contributed by atoms with Gasteiger partial charge in [0.15, 0.2) is 6.17 Å². The third kappa shape index (κ3) is 1.37. The number of rotatable bonds is 1. The average Bonchev–Trinajstić information content (AvgIpc) is 2.81. The molecule has 0 aliphatic heterocycles. The zero-order valence-corrected chi connectivity index (χ0v) is 6.64. The van der Waals surface area contributed by atoms with E-state index in [9.17, 15) is 13.2 Å². The molecule has 2 rings (SSSR count). The van der Waals surface area contributed by atoms with E-state index in [1.165, 1.54) is 6.08 Å². The number of allylic oxidation sites excluding steroid dienone is 2. The van der Waals surface area contributed by atoms with Crippen molar-refractivity contribution < 1.29 is 13.2 Å². The standard InChI is InChI=1S/C9H11F3/c10-7-3-6(5-1-2-5)4-8(11)9(7)12/h3,5-6,8-9H,1-2,4H2. The van der Waals surface area contributed by atoms with Crippen LogP contribution < -0.4 is 0 Å². The van der Waals surface area contributed by atoms with Crippen LogP contribution in [0.3, 0.4) is 0 Å². The van der Waals surface area contributed by atoms with E-state index < -0.39 is 18.2 Å². The molecule has 0 bridgehead atoms. The summed E-state index contributed by atoms with van der Waals surface area (Å²) in [4.78, 5) is 0. The molecule has 0 saturated heterocycles. The van der Waals surface area contributed by atoms with Crippen LogP contribution in [0.25, 0.3) is 0 Å². The van der Waals surface area contributed by atoms with Gasteiger partial charge in [-0.15, -0.1) is 0 Å². The van der Waals surface area contributed by atoms with Crippen LogP contribution in [0.2, 0.25) is 0 Å². The van der Waals surface area contributed by atoms with Gasteiger partial charge in [-0.3, -0.25) is 0 Å². The fourth-order valence-corrected chi connectivity index (χ4v) is 1.77. The molecule has 2 aliphatic carbocycles. The highest BCUT2D eigenvalue weighted by molar-refractivity contribution is 5.12. The molecular formula is C9H11F3. The van der Waals surface area contributed by atoms with E-state index in [2.05, 4.69) is 0 Å². The second-order valence-electron chi connectivity index (χ2n) is 3.71. The van der Waals surface area contributed by atoms with Crippen LogP contribution in [0.15, 0.2) is 11.9 Å². The van der Waals surface area contributed by atoms with Crippen molar-refractivity contribution in [1.29, 1.82) is 0 Å². The number of hydrogen-bond donors (Lipinski definition) is 0. The maximum atomic E-state index is 12.8. The Hall–Kier alpha value is -0.470. The molecule has 0 aromatic heterocycles. The summed E-state index contributed by atoms with van der Waals surface area (Å²) in [5.41, 5.74) is 0. The molecular weight excluding hydrogens is 165 g/mol. The molecule has 2 aliphatic rings. The summed E-state index contributed by atoms with van der Waals surface area (Å²) >= 11 is 0. The van der Waals surface area contributed by atoms with Crippen LogP contribution in [0.1, 0.15) is 19.3 Å². The third-order valence-corrected chi connectivity index (χ3v) is 2.68. The molecule has 0 aromatic rings. The van der Waals surface area contributed by atoms with E-state index in [4.69, 9.17) is 0 Å². The molecule has 1 saturated carbocycles. The van der Waals surface area contributed by atoms with Crippen LogP contribution in [0.4, 0.5) is 13.2 Å². The Balaban J connectivity index is 2.09. The van der Waals surface area contributed by atoms with Crippen LogP contribution in [-0.4, -0.2) is 12.3 Å². The first kappa shape index (κ1) is 8.14. The number of hydrogen-bond acceptors (Lipinski definition) is 0. The maximum absolute atomic E-state index is 12.8. The summed E-state index contributed by atoms with van der Waals surface area (Å²) in [6, 6.07) is 0. The van der Waals surface area contributed by atoms with Gasteiger partial charge < -0.3 is 0 Å². The van der Waals surface area contributed by atoms with Gasteiger partial charge in [-0.1, -0.05) is 0 Å². The molecule has 0 N–H and O–H groups in total. The lowest BCUT2D eigenvalue weighted by Gasteiger charge is -2.23. The second-order valence-corrected chi connectivity index (χ2v) is 3.71. The topological polar surface area (TPSA) is 0 Å². The van der Waals surface area contributed by atoms with Crippen molar-refractivity contribution in [2.45, 2.75) is 31.6 Å². The van der Waals surface area contributed by atoms with Crippen molar-refractivity contribution in [3.63, 3.8) is 0 Å². The summed E-state index contributed by atoms with van der Waals surface area (Å²) in [5, 5.41) is 0. The Morgan fingerprint density at radius 3 is 2.42 bits per heavy atom. The Kier molecular flexibility index (Phi) is 1.89. The number of halogens is 3. The lowest BCUT2D eigenvalue weighted by atomic mass is 9.89. The maximum Gasteiger partial charge on any atom is 0.182 e. The van der Waals surface area contributed by atoms with Gasteiger partial charge in [0.2, 0.25) is 0 Å². The lowest BCUT2D eigenvalue weighted by Crippen LogP contribution is -2.26. The molecule has 0 nitrogen and oxygen atoms in total. The minimum absolute atomic E-state index is 0.0491. The average molecular weight is 176 g/mol. The molecule has 12 heavy (non-hydrogen) atoms. The monoisotopic (exact) mass is 176 g/mol. The van der Waals surface area contributed by atoms with E-state index in [0.717, 1.165) is 12.8 Å². The fourth-order valence-electron chi connectivity index (χ4n) is 1.77. The predicted molar refractivity (Wildman–Crippen MR) is 39.8 cm³/mol. The van der Waals surface area contributed by atoms with E-state index >= 15 is 0 Å². The van der Waals surface area contributed by atoms with Gasteiger partial charge in [-0.05, 0) is 37.2 Å². The largest absolute Gasteiger partial charge is 0.244 e. The molecule has 3 heteroatoms. The zero-order chi connectivity index (χ0) is 8.72. The molecule has 3 atom stereocenters. The van der Waals surface area contributed by atoms with Crippen LogP contribution in [0, 0.1) is 11.8 Å². The van der Waals surface area contributed by atoms with E-state index in [1.807, 2.05) is 0 Å². The first-order valence-electron chi connectivity index (χ1n) is 4.34. The predicted octanol–water partition coefficient (Wildman–Crippen LogP) is 2.95. The van der Waals surface area contributed by atoms with Crippen molar-refractivity contribution in [2.24, 2.45) is 11.8 Å². The van der Waals surface area contributed by atoms with Gasteiger partial charge in [0.1, 0.15) is 12.0 Å². The van der Waals surface area contributed by atoms with Crippen molar-refractivity contribution in [2.75, 3.05) is 0 Å². The molecule has 0 heterocycles. The molecule has 0 aromatic carbocycles. The normalized spacial score (nSPS) is 42.6.